The topological polar surface area (TPSA) is 53.5 Å². The second-order valence-corrected chi connectivity index (χ2v) is 21.9. The smallest absolute Gasteiger partial charge is 0.164 e. The Hall–Kier alpha value is -11.2. The van der Waals surface area contributed by atoms with Crippen molar-refractivity contribution in [2.45, 2.75) is 0 Å². The highest BCUT2D eigenvalue weighted by molar-refractivity contribution is 6.25. The summed E-state index contributed by atoms with van der Waals surface area (Å²) in [5, 5.41) is 18.8. The number of hydrogen-bond donors (Lipinski definition) is 0. The van der Waals surface area contributed by atoms with Gasteiger partial charge in [0.15, 0.2) is 17.5 Å². The van der Waals surface area contributed by atoms with Gasteiger partial charge in [-0.3, -0.25) is 0 Å². The van der Waals surface area contributed by atoms with Crippen LogP contribution in [0.4, 0.5) is 0 Å². The summed E-state index contributed by atoms with van der Waals surface area (Å²) < 4.78 is 7.49. The molecule has 0 saturated carbocycles. The van der Waals surface area contributed by atoms with Crippen LogP contribution in [0.1, 0.15) is 0 Å². The zero-order chi connectivity index (χ0) is 54.3. The molecule has 0 amide bonds. The van der Waals surface area contributed by atoms with Gasteiger partial charge in [0.05, 0.1) is 38.8 Å². The number of fused-ring (bicyclic) bond motifs is 17. The molecule has 0 bridgehead atoms. The summed E-state index contributed by atoms with van der Waals surface area (Å²) in [6.45, 7) is 0. The first-order chi connectivity index (χ1) is 41.2. The Morgan fingerprint density at radius 3 is 1.23 bits per heavy atom. The Labute approximate surface area is 475 Å². The lowest BCUT2D eigenvalue weighted by atomic mass is 10.0. The van der Waals surface area contributed by atoms with E-state index in [0.29, 0.717) is 17.5 Å². The Kier molecular flexibility index (Phi) is 9.70. The Morgan fingerprint density at radius 2 is 0.627 bits per heavy atom. The van der Waals surface area contributed by atoms with E-state index in [2.05, 4.69) is 293 Å². The molecule has 0 aliphatic carbocycles. The molecule has 14 aromatic carbocycles. The third-order valence-corrected chi connectivity index (χ3v) is 17.4. The fourth-order valence-electron chi connectivity index (χ4n) is 13.8. The van der Waals surface area contributed by atoms with Gasteiger partial charge in [-0.2, -0.15) is 0 Å². The van der Waals surface area contributed by atoms with Crippen LogP contribution >= 0.6 is 0 Å². The van der Waals surface area contributed by atoms with Crippen LogP contribution < -0.4 is 0 Å². The van der Waals surface area contributed by atoms with Gasteiger partial charge in [-0.15, -0.1) is 0 Å². The van der Waals surface area contributed by atoms with E-state index in [-0.39, 0.29) is 0 Å². The zero-order valence-corrected chi connectivity index (χ0v) is 44.7. The number of benzene rings is 14. The highest BCUT2D eigenvalue weighted by Crippen LogP contribution is 2.46. The molecule has 83 heavy (non-hydrogen) atoms. The van der Waals surface area contributed by atoms with Crippen molar-refractivity contribution in [2.24, 2.45) is 0 Å². The highest BCUT2D eigenvalue weighted by Gasteiger charge is 2.25. The van der Waals surface area contributed by atoms with Gasteiger partial charge < -0.3 is 13.7 Å². The second-order valence-electron chi connectivity index (χ2n) is 21.9. The molecule has 4 heterocycles. The first kappa shape index (κ1) is 45.6. The molecule has 0 saturated heterocycles. The number of para-hydroxylation sites is 2. The molecule has 0 unspecified atom stereocenters. The van der Waals surface area contributed by atoms with Crippen molar-refractivity contribution in [2.75, 3.05) is 0 Å². The fraction of sp³-hybridized carbons (Fsp3) is 0. The van der Waals surface area contributed by atoms with Gasteiger partial charge in [-0.25, -0.2) is 15.0 Å². The van der Waals surface area contributed by atoms with E-state index in [4.69, 9.17) is 15.0 Å². The normalized spacial score (nSPS) is 12.1. The summed E-state index contributed by atoms with van der Waals surface area (Å²) >= 11 is 0. The SMILES string of the molecule is c1cc(-c2nc(-c3cccc4ccccc34)nc(-c3cccc4ccccc34)n2)cc(-n2c3ccc(-n4c5ccccc5c5ccc6ccccc6c54)cc3c3cc(-n4c5ccccc5c5ccc6ccccc6c54)c4ccccc4c32)c1. The Bertz CT molecular complexity index is 5670. The van der Waals surface area contributed by atoms with Crippen LogP contribution in [0.15, 0.2) is 279 Å². The summed E-state index contributed by atoms with van der Waals surface area (Å²) in [5.41, 5.74) is 13.0. The van der Waals surface area contributed by atoms with Gasteiger partial charge in [0.2, 0.25) is 0 Å². The molecule has 0 radical (unpaired) electrons. The molecule has 0 aliphatic rings. The Morgan fingerprint density at radius 1 is 0.217 bits per heavy atom. The van der Waals surface area contributed by atoms with Crippen molar-refractivity contribution < 1.29 is 0 Å². The molecule has 384 valence electrons. The van der Waals surface area contributed by atoms with E-state index < -0.39 is 0 Å². The van der Waals surface area contributed by atoms with Gasteiger partial charge in [0.1, 0.15) is 0 Å². The standard InChI is InChI=1S/C77H46N6/c1-5-26-54-47(18-1)22-16-34-64(54)76-78-75(79-77(80-76)65-35-17-23-48-19-2-6-27-55(48)65)51-24-15-25-52(44-51)81-70-43-40-53(82-68-36-13-11-30-58(68)62-41-38-49-20-3-7-28-56(49)72(62)82)45-66(70)67-46-71(60-32-9-10-33-61(60)74(67)81)83-69-37-14-12-31-59(69)63-42-39-50-21-4-8-29-57(50)73(63)83/h1-46H. The quantitative estimate of drug-likeness (QED) is 0.167. The van der Waals surface area contributed by atoms with Crippen LogP contribution in [0.2, 0.25) is 0 Å². The minimum absolute atomic E-state index is 0.597. The fourth-order valence-corrected chi connectivity index (χ4v) is 13.8. The van der Waals surface area contributed by atoms with Crippen molar-refractivity contribution in [1.29, 1.82) is 0 Å². The molecule has 6 nitrogen and oxygen atoms in total. The van der Waals surface area contributed by atoms with E-state index in [1.807, 2.05) is 0 Å². The van der Waals surface area contributed by atoms with Gasteiger partial charge >= 0.3 is 0 Å². The lowest BCUT2D eigenvalue weighted by molar-refractivity contribution is 1.08. The predicted molar refractivity (Wildman–Crippen MR) is 347 cm³/mol. The van der Waals surface area contributed by atoms with E-state index in [0.717, 1.165) is 87.9 Å². The summed E-state index contributed by atoms with van der Waals surface area (Å²) in [5.74, 6) is 1.84. The molecular formula is C77H46N6. The first-order valence-electron chi connectivity index (χ1n) is 28.3. The van der Waals surface area contributed by atoms with Gasteiger partial charge in [-0.1, -0.05) is 231 Å². The van der Waals surface area contributed by atoms with E-state index in [1.165, 1.54) is 65.2 Å². The van der Waals surface area contributed by atoms with Crippen LogP contribution in [0.5, 0.6) is 0 Å². The van der Waals surface area contributed by atoms with Crippen molar-refractivity contribution in [1.82, 2.24) is 28.7 Å². The monoisotopic (exact) mass is 1050 g/mol. The average molecular weight is 1060 g/mol. The van der Waals surface area contributed by atoms with E-state index >= 15 is 0 Å². The van der Waals surface area contributed by atoms with Crippen LogP contribution in [-0.2, 0) is 0 Å². The Balaban J connectivity index is 0.939. The lowest BCUT2D eigenvalue weighted by Gasteiger charge is -2.16. The number of hydrogen-bond acceptors (Lipinski definition) is 3. The highest BCUT2D eigenvalue weighted by atomic mass is 15.0. The molecule has 18 aromatic rings. The molecule has 0 spiro atoms. The second kappa shape index (κ2) is 17.6. The van der Waals surface area contributed by atoms with Crippen molar-refractivity contribution in [3.8, 4) is 51.2 Å². The lowest BCUT2D eigenvalue weighted by Crippen LogP contribution is -2.02. The van der Waals surface area contributed by atoms with Gasteiger partial charge in [0.25, 0.3) is 0 Å². The molecule has 4 aromatic heterocycles. The van der Waals surface area contributed by atoms with Gasteiger partial charge in [0, 0.05) is 81.9 Å². The maximum Gasteiger partial charge on any atom is 0.164 e. The maximum atomic E-state index is 5.41. The molecule has 6 heteroatoms. The minimum Gasteiger partial charge on any atom is -0.309 e. The predicted octanol–water partition coefficient (Wildman–Crippen LogP) is 19.9. The van der Waals surface area contributed by atoms with Crippen LogP contribution in [0, 0.1) is 0 Å². The van der Waals surface area contributed by atoms with Gasteiger partial charge in [-0.05, 0) is 80.8 Å². The average Bonchev–Trinajstić information content (AvgIpc) is 2.61. The molecule has 0 aliphatic heterocycles. The van der Waals surface area contributed by atoms with Crippen LogP contribution in [0.25, 0.3) is 171 Å². The summed E-state index contributed by atoms with van der Waals surface area (Å²) in [4.78, 5) is 16.1. The molecule has 0 N–H and O–H groups in total. The largest absolute Gasteiger partial charge is 0.309 e. The third kappa shape index (κ3) is 6.75. The molecule has 18 rings (SSSR count). The third-order valence-electron chi connectivity index (χ3n) is 17.4. The number of rotatable bonds is 6. The molecule has 0 fully saturated rings. The zero-order valence-electron chi connectivity index (χ0n) is 44.7. The van der Waals surface area contributed by atoms with Crippen molar-refractivity contribution in [3.63, 3.8) is 0 Å². The maximum absolute atomic E-state index is 5.41. The summed E-state index contributed by atoms with van der Waals surface area (Å²) in [6.07, 6.45) is 0. The molecular weight excluding hydrogens is 1010 g/mol. The first-order valence-corrected chi connectivity index (χ1v) is 28.3. The number of aromatic nitrogens is 6. The summed E-state index contributed by atoms with van der Waals surface area (Å²) in [7, 11) is 0. The van der Waals surface area contributed by atoms with Crippen molar-refractivity contribution in [3.05, 3.63) is 279 Å². The van der Waals surface area contributed by atoms with Crippen LogP contribution in [0.3, 0.4) is 0 Å². The van der Waals surface area contributed by atoms with Crippen LogP contribution in [-0.4, -0.2) is 28.7 Å². The van der Waals surface area contributed by atoms with E-state index in [9.17, 15) is 0 Å². The summed E-state index contributed by atoms with van der Waals surface area (Å²) in [6, 6.07) is 101. The number of nitrogens with zero attached hydrogens (tertiary/aromatic N) is 6. The molecule has 0 atom stereocenters. The van der Waals surface area contributed by atoms with E-state index in [1.54, 1.807) is 0 Å². The minimum atomic E-state index is 0.597. The van der Waals surface area contributed by atoms with Crippen molar-refractivity contribution >= 4 is 119 Å².